The van der Waals surface area contributed by atoms with Crippen molar-refractivity contribution in [1.29, 1.82) is 0 Å². The molecule has 0 radical (unpaired) electrons. The van der Waals surface area contributed by atoms with Gasteiger partial charge in [-0.1, -0.05) is 18.7 Å². The number of rotatable bonds is 4. The van der Waals surface area contributed by atoms with E-state index in [-0.39, 0.29) is 5.91 Å². The molecule has 2 aromatic rings. The number of thioether (sulfide) groups is 1. The van der Waals surface area contributed by atoms with Gasteiger partial charge in [-0.2, -0.15) is 0 Å². The van der Waals surface area contributed by atoms with E-state index in [2.05, 4.69) is 35.6 Å². The Hall–Kier alpha value is -1.14. The molecule has 3 heterocycles. The lowest BCUT2D eigenvalue weighted by Gasteiger charge is -2.35. The largest absolute Gasteiger partial charge is 0.339 e. The highest BCUT2D eigenvalue weighted by Crippen LogP contribution is 2.35. The molecule has 0 spiro atoms. The number of amides is 1. The summed E-state index contributed by atoms with van der Waals surface area (Å²) >= 11 is 3.28. The fraction of sp³-hybridized carbons (Fsp3) is 0.611. The number of nitrogens with zero attached hydrogens (tertiary/aromatic N) is 3. The summed E-state index contributed by atoms with van der Waals surface area (Å²) < 4.78 is 0. The number of likely N-dealkylation sites (tertiary alicyclic amines) is 1. The Morgan fingerprint density at radius 1 is 1.29 bits per heavy atom. The smallest absolute Gasteiger partial charge is 0.233 e. The number of piperidine rings is 1. The average molecular weight is 364 g/mol. The van der Waals surface area contributed by atoms with E-state index < -0.39 is 0 Å². The van der Waals surface area contributed by atoms with Crippen LogP contribution in [0, 0.1) is 20.8 Å². The summed E-state index contributed by atoms with van der Waals surface area (Å²) in [5.74, 6) is 1.50. The van der Waals surface area contributed by atoms with Crippen LogP contribution in [0.15, 0.2) is 5.03 Å². The summed E-state index contributed by atoms with van der Waals surface area (Å²) in [6.07, 6.45) is 4.57. The van der Waals surface area contributed by atoms with Crippen molar-refractivity contribution in [2.24, 2.45) is 0 Å². The number of thiophene rings is 1. The van der Waals surface area contributed by atoms with E-state index in [0.29, 0.717) is 11.8 Å². The molecule has 1 aliphatic heterocycles. The minimum absolute atomic E-state index is 0.251. The van der Waals surface area contributed by atoms with Crippen molar-refractivity contribution < 1.29 is 4.79 Å². The molecule has 1 atom stereocenters. The van der Waals surface area contributed by atoms with Crippen molar-refractivity contribution in [3.63, 3.8) is 0 Å². The first kappa shape index (κ1) is 17.7. The second-order valence-electron chi connectivity index (χ2n) is 6.47. The summed E-state index contributed by atoms with van der Waals surface area (Å²) in [7, 11) is 0. The van der Waals surface area contributed by atoms with Crippen LogP contribution in [0.2, 0.25) is 0 Å². The Bertz CT molecular complexity index is 756. The molecule has 0 N–H and O–H groups in total. The number of carbonyl (C=O) groups excluding carboxylic acids is 1. The molecule has 6 heteroatoms. The maximum absolute atomic E-state index is 12.7. The van der Waals surface area contributed by atoms with E-state index in [0.717, 1.165) is 46.9 Å². The first-order valence-electron chi connectivity index (χ1n) is 8.67. The fourth-order valence-electron chi connectivity index (χ4n) is 3.39. The maximum Gasteiger partial charge on any atom is 0.233 e. The number of carbonyl (C=O) groups is 1. The predicted octanol–water partition coefficient (Wildman–Crippen LogP) is 4.50. The number of aryl methyl sites for hydroxylation is 3. The molecule has 1 fully saturated rings. The predicted molar refractivity (Wildman–Crippen MR) is 102 cm³/mol. The Balaban J connectivity index is 1.79. The molecule has 3 rings (SSSR count). The van der Waals surface area contributed by atoms with Gasteiger partial charge in [-0.15, -0.1) is 11.3 Å². The first-order chi connectivity index (χ1) is 11.5. The molecule has 130 valence electrons. The molecule has 4 nitrogen and oxygen atoms in total. The number of hydrogen-bond acceptors (Lipinski definition) is 5. The molecule has 0 bridgehead atoms. The van der Waals surface area contributed by atoms with E-state index in [1.165, 1.54) is 16.9 Å². The van der Waals surface area contributed by atoms with E-state index in [1.54, 1.807) is 23.1 Å². The lowest BCUT2D eigenvalue weighted by molar-refractivity contribution is -0.132. The molecular weight excluding hydrogens is 338 g/mol. The Morgan fingerprint density at radius 2 is 2.08 bits per heavy atom. The minimum Gasteiger partial charge on any atom is -0.339 e. The van der Waals surface area contributed by atoms with Crippen LogP contribution < -0.4 is 0 Å². The van der Waals surface area contributed by atoms with Gasteiger partial charge in [-0.25, -0.2) is 9.97 Å². The summed E-state index contributed by atoms with van der Waals surface area (Å²) in [6, 6.07) is 0.420. The van der Waals surface area contributed by atoms with Gasteiger partial charge < -0.3 is 4.90 Å². The topological polar surface area (TPSA) is 46.1 Å². The van der Waals surface area contributed by atoms with Crippen molar-refractivity contribution in [1.82, 2.24) is 14.9 Å². The minimum atomic E-state index is 0.251. The van der Waals surface area contributed by atoms with Crippen LogP contribution in [-0.2, 0) is 4.79 Å². The van der Waals surface area contributed by atoms with Crippen molar-refractivity contribution >= 4 is 39.2 Å². The quantitative estimate of drug-likeness (QED) is 0.593. The van der Waals surface area contributed by atoms with E-state index in [1.807, 2.05) is 6.92 Å². The van der Waals surface area contributed by atoms with E-state index in [4.69, 9.17) is 0 Å². The third-order valence-electron chi connectivity index (χ3n) is 4.86. The fourth-order valence-corrected chi connectivity index (χ4v) is 5.54. The second-order valence-corrected chi connectivity index (χ2v) is 8.64. The summed E-state index contributed by atoms with van der Waals surface area (Å²) in [5, 5.41) is 2.09. The van der Waals surface area contributed by atoms with Gasteiger partial charge in [0.05, 0.1) is 5.75 Å². The molecule has 2 aromatic heterocycles. The lowest BCUT2D eigenvalue weighted by Crippen LogP contribution is -2.44. The van der Waals surface area contributed by atoms with Crippen molar-refractivity contribution in [2.45, 2.75) is 64.4 Å². The van der Waals surface area contributed by atoms with Gasteiger partial charge in [-0.3, -0.25) is 4.79 Å². The number of hydrogen-bond donors (Lipinski definition) is 0. The highest BCUT2D eigenvalue weighted by Gasteiger charge is 2.25. The zero-order chi connectivity index (χ0) is 17.3. The van der Waals surface area contributed by atoms with Gasteiger partial charge in [0.1, 0.15) is 15.7 Å². The van der Waals surface area contributed by atoms with Crippen LogP contribution in [0.5, 0.6) is 0 Å². The van der Waals surface area contributed by atoms with Gasteiger partial charge in [-0.05, 0) is 52.0 Å². The normalized spacial score (nSPS) is 18.3. The SMILES string of the molecule is CC[C@H]1CCCCN1C(=O)CSc1nc(C)nc2sc(C)c(C)c12. The second kappa shape index (κ2) is 7.40. The molecule has 1 aliphatic rings. The van der Waals surface area contributed by atoms with Crippen LogP contribution in [0.1, 0.15) is 48.9 Å². The summed E-state index contributed by atoms with van der Waals surface area (Å²) in [4.78, 5) is 26.3. The standard InChI is InChI=1S/C18H25N3OS2/c1-5-14-8-6-7-9-21(14)15(22)10-23-17-16-11(2)12(3)24-18(16)20-13(4)19-17/h14H,5-10H2,1-4H3/t14-/m0/s1. The van der Waals surface area contributed by atoms with Gasteiger partial charge in [0.2, 0.25) is 5.91 Å². The van der Waals surface area contributed by atoms with Crippen molar-refractivity contribution in [3.8, 4) is 0 Å². The molecule has 0 aliphatic carbocycles. The van der Waals surface area contributed by atoms with Crippen LogP contribution in [0.3, 0.4) is 0 Å². The van der Waals surface area contributed by atoms with Gasteiger partial charge in [0.15, 0.2) is 0 Å². The van der Waals surface area contributed by atoms with E-state index >= 15 is 0 Å². The van der Waals surface area contributed by atoms with Gasteiger partial charge in [0, 0.05) is 22.8 Å². The Labute approximate surface area is 152 Å². The molecule has 1 saturated heterocycles. The first-order valence-corrected chi connectivity index (χ1v) is 10.5. The number of aromatic nitrogens is 2. The third kappa shape index (κ3) is 3.45. The maximum atomic E-state index is 12.7. The molecule has 1 amide bonds. The molecule has 0 aromatic carbocycles. The van der Waals surface area contributed by atoms with Crippen molar-refractivity contribution in [3.05, 3.63) is 16.3 Å². The molecule has 0 unspecified atom stereocenters. The summed E-state index contributed by atoms with van der Waals surface area (Å²) in [6.45, 7) is 9.26. The highest BCUT2D eigenvalue weighted by atomic mass is 32.2. The molecule has 24 heavy (non-hydrogen) atoms. The van der Waals surface area contributed by atoms with Crippen LogP contribution in [0.4, 0.5) is 0 Å². The van der Waals surface area contributed by atoms with Crippen LogP contribution in [0.25, 0.3) is 10.2 Å². The molecular formula is C18H25N3OS2. The zero-order valence-electron chi connectivity index (χ0n) is 14.9. The zero-order valence-corrected chi connectivity index (χ0v) is 16.5. The van der Waals surface area contributed by atoms with Gasteiger partial charge >= 0.3 is 0 Å². The average Bonchev–Trinajstić information content (AvgIpc) is 2.86. The van der Waals surface area contributed by atoms with Crippen LogP contribution >= 0.6 is 23.1 Å². The summed E-state index contributed by atoms with van der Waals surface area (Å²) in [5.41, 5.74) is 1.24. The number of fused-ring (bicyclic) bond motifs is 1. The third-order valence-corrected chi connectivity index (χ3v) is 6.92. The van der Waals surface area contributed by atoms with Gasteiger partial charge in [0.25, 0.3) is 0 Å². The van der Waals surface area contributed by atoms with Crippen molar-refractivity contribution in [2.75, 3.05) is 12.3 Å². The highest BCUT2D eigenvalue weighted by molar-refractivity contribution is 8.00. The Kier molecular flexibility index (Phi) is 5.45. The van der Waals surface area contributed by atoms with E-state index in [9.17, 15) is 4.79 Å². The molecule has 0 saturated carbocycles. The monoisotopic (exact) mass is 363 g/mol. The lowest BCUT2D eigenvalue weighted by atomic mass is 10.0. The Morgan fingerprint density at radius 3 is 2.83 bits per heavy atom. The van der Waals surface area contributed by atoms with Crippen LogP contribution in [-0.4, -0.2) is 39.1 Å².